The molecule has 0 bridgehead atoms. The molecule has 0 saturated carbocycles. The first-order valence-electron chi connectivity index (χ1n) is 6.96. The number of rotatable bonds is 3. The lowest BCUT2D eigenvalue weighted by Gasteiger charge is -2.36. The Labute approximate surface area is 128 Å². The second-order valence-electron chi connectivity index (χ2n) is 5.35. The van der Waals surface area contributed by atoms with Crippen LogP contribution in [0.4, 0.5) is 30.7 Å². The summed E-state index contributed by atoms with van der Waals surface area (Å²) in [5, 5.41) is 2.93. The molecule has 0 unspecified atom stereocenters. The van der Waals surface area contributed by atoms with E-state index in [0.29, 0.717) is 13.1 Å². The molecule has 0 amide bonds. The third-order valence-electron chi connectivity index (χ3n) is 3.70. The van der Waals surface area contributed by atoms with Crippen molar-refractivity contribution >= 4 is 0 Å². The smallest absolute Gasteiger partial charge is 0.314 e. The molecule has 0 aromatic heterocycles. The van der Waals surface area contributed by atoms with Crippen LogP contribution < -0.4 is 5.32 Å². The Kier molecular flexibility index (Phi) is 5.20. The summed E-state index contributed by atoms with van der Waals surface area (Å²) in [6.45, 7) is 1.15. The van der Waals surface area contributed by atoms with Crippen molar-refractivity contribution in [2.24, 2.45) is 0 Å². The molecule has 0 aliphatic carbocycles. The van der Waals surface area contributed by atoms with E-state index in [0.717, 1.165) is 12.1 Å². The number of benzene rings is 1. The Morgan fingerprint density at radius 1 is 1.04 bits per heavy atom. The van der Waals surface area contributed by atoms with Crippen molar-refractivity contribution in [2.45, 2.75) is 24.8 Å². The lowest BCUT2D eigenvalue weighted by atomic mass is 9.95. The molecule has 23 heavy (non-hydrogen) atoms. The predicted molar refractivity (Wildman–Crippen MR) is 69.3 cm³/mol. The van der Waals surface area contributed by atoms with E-state index in [1.807, 2.05) is 0 Å². The van der Waals surface area contributed by atoms with Gasteiger partial charge in [0.2, 0.25) is 0 Å². The van der Waals surface area contributed by atoms with Gasteiger partial charge in [0.1, 0.15) is 5.82 Å². The fourth-order valence-corrected chi connectivity index (χ4v) is 2.71. The lowest BCUT2D eigenvalue weighted by molar-refractivity contribution is -0.153. The third-order valence-corrected chi connectivity index (χ3v) is 3.70. The Hall–Kier alpha value is -1.35. The van der Waals surface area contributed by atoms with Crippen molar-refractivity contribution in [2.75, 3.05) is 26.2 Å². The molecule has 1 heterocycles. The molecular formula is C14H15F7N2. The van der Waals surface area contributed by atoms with E-state index in [9.17, 15) is 30.7 Å². The van der Waals surface area contributed by atoms with Gasteiger partial charge >= 0.3 is 12.4 Å². The summed E-state index contributed by atoms with van der Waals surface area (Å²) < 4.78 is 91.1. The number of halogens is 7. The third kappa shape index (κ3) is 4.81. The highest BCUT2D eigenvalue weighted by molar-refractivity contribution is 5.33. The minimum absolute atomic E-state index is 0.190. The topological polar surface area (TPSA) is 15.3 Å². The zero-order chi connectivity index (χ0) is 17.3. The number of hydrogen-bond donors (Lipinski definition) is 1. The standard InChI is InChI=1S/C14H15F7N2/c15-9-1-2-10(11(7-9)14(19,20)21)12(8-13(16,17)18)23-5-3-22-4-6-23/h1-2,7,12,22H,3-6,8H2/t12-/m0/s1. The summed E-state index contributed by atoms with van der Waals surface area (Å²) in [4.78, 5) is 1.35. The normalized spacial score (nSPS) is 18.9. The predicted octanol–water partition coefficient (Wildman–Crippen LogP) is 3.74. The second-order valence-corrected chi connectivity index (χ2v) is 5.35. The van der Waals surface area contributed by atoms with Crippen LogP contribution in [-0.2, 0) is 6.18 Å². The van der Waals surface area contributed by atoms with Crippen LogP contribution in [0.5, 0.6) is 0 Å². The van der Waals surface area contributed by atoms with Gasteiger partial charge in [-0.3, -0.25) is 4.90 Å². The van der Waals surface area contributed by atoms with Gasteiger partial charge in [0.05, 0.1) is 12.0 Å². The fourth-order valence-electron chi connectivity index (χ4n) is 2.71. The van der Waals surface area contributed by atoms with Crippen molar-refractivity contribution in [1.29, 1.82) is 0 Å². The van der Waals surface area contributed by atoms with E-state index in [1.54, 1.807) is 0 Å². The van der Waals surface area contributed by atoms with Gasteiger partial charge in [-0.05, 0) is 17.7 Å². The SMILES string of the molecule is Fc1ccc([C@H](CC(F)(F)F)N2CCNCC2)c(C(F)(F)F)c1. The molecule has 1 aromatic rings. The fraction of sp³-hybridized carbons (Fsp3) is 0.571. The summed E-state index contributed by atoms with van der Waals surface area (Å²) in [6, 6.07) is 0.322. The average Bonchev–Trinajstić information content (AvgIpc) is 2.44. The minimum atomic E-state index is -4.92. The van der Waals surface area contributed by atoms with Crippen LogP contribution in [0.15, 0.2) is 18.2 Å². The van der Waals surface area contributed by atoms with Crippen LogP contribution in [-0.4, -0.2) is 37.3 Å². The maximum Gasteiger partial charge on any atom is 0.416 e. The summed E-state index contributed by atoms with van der Waals surface area (Å²) in [7, 11) is 0. The van der Waals surface area contributed by atoms with Gasteiger partial charge in [0, 0.05) is 32.2 Å². The lowest BCUT2D eigenvalue weighted by Crippen LogP contribution is -2.46. The van der Waals surface area contributed by atoms with Crippen LogP contribution in [0.1, 0.15) is 23.6 Å². The van der Waals surface area contributed by atoms with Crippen LogP contribution in [0.25, 0.3) is 0 Å². The highest BCUT2D eigenvalue weighted by Gasteiger charge is 2.41. The number of alkyl halides is 6. The van der Waals surface area contributed by atoms with Gasteiger partial charge < -0.3 is 5.32 Å². The zero-order valence-electron chi connectivity index (χ0n) is 11.9. The molecule has 130 valence electrons. The van der Waals surface area contributed by atoms with E-state index in [2.05, 4.69) is 5.32 Å². The molecule has 2 rings (SSSR count). The van der Waals surface area contributed by atoms with Crippen molar-refractivity contribution in [3.63, 3.8) is 0 Å². The van der Waals surface area contributed by atoms with Crippen LogP contribution in [0.2, 0.25) is 0 Å². The number of nitrogens with zero attached hydrogens (tertiary/aromatic N) is 1. The van der Waals surface area contributed by atoms with Gasteiger partial charge in [-0.1, -0.05) is 6.07 Å². The first kappa shape index (κ1) is 18.0. The molecule has 1 saturated heterocycles. The largest absolute Gasteiger partial charge is 0.416 e. The van der Waals surface area contributed by atoms with Crippen LogP contribution in [0, 0.1) is 5.82 Å². The maximum atomic E-state index is 13.2. The van der Waals surface area contributed by atoms with Gasteiger partial charge in [0.25, 0.3) is 0 Å². The summed E-state index contributed by atoms with van der Waals surface area (Å²) in [5.41, 5.74) is -1.90. The minimum Gasteiger partial charge on any atom is -0.314 e. The van der Waals surface area contributed by atoms with Crippen molar-refractivity contribution in [3.05, 3.63) is 35.1 Å². The average molecular weight is 344 g/mol. The first-order valence-corrected chi connectivity index (χ1v) is 6.96. The first-order chi connectivity index (χ1) is 10.6. The number of piperazine rings is 1. The number of nitrogens with one attached hydrogen (secondary N) is 1. The van der Waals surface area contributed by atoms with Gasteiger partial charge in [-0.2, -0.15) is 26.3 Å². The summed E-state index contributed by atoms with van der Waals surface area (Å²) in [5.74, 6) is -1.13. The van der Waals surface area contributed by atoms with E-state index in [1.165, 1.54) is 4.90 Å². The molecule has 1 aliphatic rings. The highest BCUT2D eigenvalue weighted by Crippen LogP contribution is 2.41. The summed E-state index contributed by atoms with van der Waals surface area (Å²) >= 11 is 0. The van der Waals surface area contributed by atoms with E-state index in [-0.39, 0.29) is 19.2 Å². The molecule has 1 atom stereocenters. The Balaban J connectivity index is 2.46. The maximum absolute atomic E-state index is 13.2. The molecule has 9 heteroatoms. The van der Waals surface area contributed by atoms with Crippen molar-refractivity contribution < 1.29 is 30.7 Å². The molecule has 1 aromatic carbocycles. The Morgan fingerprint density at radius 2 is 1.65 bits per heavy atom. The Morgan fingerprint density at radius 3 is 2.17 bits per heavy atom. The van der Waals surface area contributed by atoms with Gasteiger partial charge in [0.15, 0.2) is 0 Å². The molecule has 1 N–H and O–H groups in total. The highest BCUT2D eigenvalue weighted by atomic mass is 19.4. The molecule has 2 nitrogen and oxygen atoms in total. The van der Waals surface area contributed by atoms with E-state index in [4.69, 9.17) is 0 Å². The van der Waals surface area contributed by atoms with Crippen LogP contribution in [0.3, 0.4) is 0 Å². The second kappa shape index (κ2) is 6.64. The quantitative estimate of drug-likeness (QED) is 0.841. The Bertz CT molecular complexity index is 533. The van der Waals surface area contributed by atoms with Crippen molar-refractivity contribution in [1.82, 2.24) is 10.2 Å². The van der Waals surface area contributed by atoms with E-state index >= 15 is 0 Å². The number of hydrogen-bond acceptors (Lipinski definition) is 2. The molecule has 1 aliphatic heterocycles. The molecule has 0 radical (unpaired) electrons. The summed E-state index contributed by atoms with van der Waals surface area (Å²) in [6.07, 6.45) is -11.0. The molecule has 1 fully saturated rings. The van der Waals surface area contributed by atoms with Crippen molar-refractivity contribution in [3.8, 4) is 0 Å². The van der Waals surface area contributed by atoms with Crippen LogP contribution >= 0.6 is 0 Å². The van der Waals surface area contributed by atoms with E-state index < -0.39 is 41.8 Å². The van der Waals surface area contributed by atoms with Gasteiger partial charge in [-0.15, -0.1) is 0 Å². The molecular weight excluding hydrogens is 329 g/mol. The zero-order valence-corrected chi connectivity index (χ0v) is 11.9. The van der Waals surface area contributed by atoms with Gasteiger partial charge in [-0.25, -0.2) is 4.39 Å². The molecule has 0 spiro atoms. The monoisotopic (exact) mass is 344 g/mol.